The first-order chi connectivity index (χ1) is 24.8. The molecule has 4 N–H and O–H groups in total. The fourth-order valence-electron chi connectivity index (χ4n) is 6.04. The van der Waals surface area contributed by atoms with E-state index in [2.05, 4.69) is 38.2 Å². The molecule has 1 aliphatic heterocycles. The first-order valence-corrected chi connectivity index (χ1v) is 20.4. The number of carbonyl (C=O) groups is 2. The molecule has 0 aromatic rings. The molecule has 0 radical (unpaired) electrons. The van der Waals surface area contributed by atoms with E-state index >= 15 is 0 Å². The molecule has 1 rings (SSSR count). The van der Waals surface area contributed by atoms with Crippen LogP contribution in [0.25, 0.3) is 0 Å². The highest BCUT2D eigenvalue weighted by Gasteiger charge is 2.44. The Balaban J connectivity index is 2.38. The van der Waals surface area contributed by atoms with E-state index in [1.54, 1.807) is 0 Å². The lowest BCUT2D eigenvalue weighted by atomic mass is 9.99. The zero-order valence-electron chi connectivity index (χ0n) is 32.1. The van der Waals surface area contributed by atoms with Gasteiger partial charge in [0.1, 0.15) is 31.0 Å². The van der Waals surface area contributed by atoms with Crippen LogP contribution in [0.5, 0.6) is 0 Å². The Morgan fingerprint density at radius 3 is 1.65 bits per heavy atom. The van der Waals surface area contributed by atoms with E-state index in [4.69, 9.17) is 18.9 Å². The number of rotatable bonds is 33. The second kappa shape index (κ2) is 32.8. The summed E-state index contributed by atoms with van der Waals surface area (Å²) in [5.41, 5.74) is 0. The van der Waals surface area contributed by atoms with E-state index in [1.165, 1.54) is 77.0 Å². The van der Waals surface area contributed by atoms with Crippen molar-refractivity contribution in [2.75, 3.05) is 19.8 Å². The van der Waals surface area contributed by atoms with Crippen molar-refractivity contribution in [1.29, 1.82) is 0 Å². The van der Waals surface area contributed by atoms with E-state index < -0.39 is 49.4 Å². The molecule has 0 aromatic heterocycles. The second-order valence-electron chi connectivity index (χ2n) is 14.1. The van der Waals surface area contributed by atoms with Crippen molar-refractivity contribution in [1.82, 2.24) is 0 Å². The van der Waals surface area contributed by atoms with Gasteiger partial charge >= 0.3 is 11.9 Å². The van der Waals surface area contributed by atoms with Gasteiger partial charge in [-0.2, -0.15) is 0 Å². The standard InChI is InChI=1S/C41H74O10/c1-3-5-7-9-11-13-15-16-17-18-19-20-22-24-26-28-30-37(44)50-34(33-49-41-40(47)39(46)38(45)35(31-42)51-41)32-48-36(43)29-27-25-23-21-14-12-10-8-6-4-2/h13,15,17-18,34-35,38-42,45-47H,3-12,14,16,19-33H2,1-2H3/b15-13-,18-17-. The van der Waals surface area contributed by atoms with Gasteiger partial charge in [0.05, 0.1) is 13.2 Å². The molecule has 0 spiro atoms. The van der Waals surface area contributed by atoms with Crippen molar-refractivity contribution >= 4 is 11.9 Å². The average Bonchev–Trinajstić information content (AvgIpc) is 3.13. The number of esters is 2. The molecular formula is C41H74O10. The Bertz CT molecular complexity index is 892. The quantitative estimate of drug-likeness (QED) is 0.0300. The molecule has 0 saturated carbocycles. The first-order valence-electron chi connectivity index (χ1n) is 20.4. The highest BCUT2D eigenvalue weighted by Crippen LogP contribution is 2.22. The molecule has 10 heteroatoms. The third-order valence-electron chi connectivity index (χ3n) is 9.34. The van der Waals surface area contributed by atoms with Gasteiger partial charge < -0.3 is 39.4 Å². The number of allylic oxidation sites excluding steroid dienone is 4. The minimum absolute atomic E-state index is 0.216. The van der Waals surface area contributed by atoms with Crippen molar-refractivity contribution in [2.45, 2.75) is 205 Å². The second-order valence-corrected chi connectivity index (χ2v) is 14.1. The molecule has 1 saturated heterocycles. The molecule has 51 heavy (non-hydrogen) atoms. The minimum atomic E-state index is -1.59. The summed E-state index contributed by atoms with van der Waals surface area (Å²) in [6.45, 7) is 3.36. The summed E-state index contributed by atoms with van der Waals surface area (Å²) >= 11 is 0. The maximum absolute atomic E-state index is 12.7. The summed E-state index contributed by atoms with van der Waals surface area (Å²) in [5, 5.41) is 39.9. The van der Waals surface area contributed by atoms with Crippen molar-refractivity contribution in [3.05, 3.63) is 24.3 Å². The summed E-state index contributed by atoms with van der Waals surface area (Å²) in [5.74, 6) is -0.822. The van der Waals surface area contributed by atoms with Crippen LogP contribution >= 0.6 is 0 Å². The highest BCUT2D eigenvalue weighted by molar-refractivity contribution is 5.70. The van der Waals surface area contributed by atoms with Crippen LogP contribution in [0.4, 0.5) is 0 Å². The zero-order chi connectivity index (χ0) is 37.4. The van der Waals surface area contributed by atoms with Gasteiger partial charge in [-0.05, 0) is 44.9 Å². The summed E-state index contributed by atoms with van der Waals surface area (Å²) in [6.07, 6.45) is 26.2. The monoisotopic (exact) mass is 727 g/mol. The van der Waals surface area contributed by atoms with Crippen LogP contribution in [0.1, 0.15) is 168 Å². The van der Waals surface area contributed by atoms with Gasteiger partial charge in [0.2, 0.25) is 0 Å². The van der Waals surface area contributed by atoms with Crippen LogP contribution < -0.4 is 0 Å². The minimum Gasteiger partial charge on any atom is -0.462 e. The third kappa shape index (κ3) is 24.9. The number of unbranched alkanes of at least 4 members (excludes halogenated alkanes) is 18. The summed E-state index contributed by atoms with van der Waals surface area (Å²) in [7, 11) is 0. The van der Waals surface area contributed by atoms with Gasteiger partial charge in [0.15, 0.2) is 12.4 Å². The Morgan fingerprint density at radius 1 is 0.608 bits per heavy atom. The predicted octanol–water partition coefficient (Wildman–Crippen LogP) is 7.77. The number of carbonyl (C=O) groups excluding carboxylic acids is 2. The third-order valence-corrected chi connectivity index (χ3v) is 9.34. The van der Waals surface area contributed by atoms with E-state index in [-0.39, 0.29) is 32.0 Å². The Labute approximate surface area is 309 Å². The van der Waals surface area contributed by atoms with Gasteiger partial charge in [-0.1, -0.05) is 134 Å². The van der Waals surface area contributed by atoms with Crippen LogP contribution in [-0.4, -0.2) is 89.0 Å². The summed E-state index contributed by atoms with van der Waals surface area (Å²) in [6, 6.07) is 0. The number of ether oxygens (including phenoxy) is 4. The Hall–Kier alpha value is -1.82. The molecule has 298 valence electrons. The predicted molar refractivity (Wildman–Crippen MR) is 201 cm³/mol. The topological polar surface area (TPSA) is 152 Å². The maximum Gasteiger partial charge on any atom is 0.306 e. The molecule has 0 amide bonds. The number of hydrogen-bond acceptors (Lipinski definition) is 10. The van der Waals surface area contributed by atoms with Gasteiger partial charge in [0.25, 0.3) is 0 Å². The zero-order valence-corrected chi connectivity index (χ0v) is 32.1. The molecule has 0 aromatic carbocycles. The van der Waals surface area contributed by atoms with Crippen LogP contribution in [0.2, 0.25) is 0 Å². The molecule has 10 nitrogen and oxygen atoms in total. The van der Waals surface area contributed by atoms with Gasteiger partial charge in [-0.25, -0.2) is 0 Å². The lowest BCUT2D eigenvalue weighted by molar-refractivity contribution is -0.305. The first kappa shape index (κ1) is 47.2. The van der Waals surface area contributed by atoms with Crippen molar-refractivity contribution < 1.29 is 49.0 Å². The normalized spacial score (nSPS) is 21.4. The van der Waals surface area contributed by atoms with Crippen LogP contribution in [0.15, 0.2) is 24.3 Å². The molecule has 1 heterocycles. The van der Waals surface area contributed by atoms with E-state index in [0.717, 1.165) is 57.8 Å². The van der Waals surface area contributed by atoms with E-state index in [9.17, 15) is 30.0 Å². The maximum atomic E-state index is 12.7. The molecule has 0 aliphatic carbocycles. The Kier molecular flexibility index (Phi) is 30.4. The van der Waals surface area contributed by atoms with Gasteiger partial charge in [0, 0.05) is 12.8 Å². The smallest absolute Gasteiger partial charge is 0.306 e. The summed E-state index contributed by atoms with van der Waals surface area (Å²) < 4.78 is 22.1. The largest absolute Gasteiger partial charge is 0.462 e. The van der Waals surface area contributed by atoms with Crippen LogP contribution in [0, 0.1) is 0 Å². The fraction of sp³-hybridized carbons (Fsp3) is 0.854. The number of hydrogen-bond donors (Lipinski definition) is 4. The fourth-order valence-corrected chi connectivity index (χ4v) is 6.04. The molecule has 6 atom stereocenters. The van der Waals surface area contributed by atoms with Crippen molar-refractivity contribution in [3.63, 3.8) is 0 Å². The molecule has 6 unspecified atom stereocenters. The van der Waals surface area contributed by atoms with Gasteiger partial charge in [-0.15, -0.1) is 0 Å². The number of aliphatic hydroxyl groups is 4. The summed E-state index contributed by atoms with van der Waals surface area (Å²) in [4.78, 5) is 25.2. The molecule has 1 fully saturated rings. The molecule has 1 aliphatic rings. The van der Waals surface area contributed by atoms with Crippen molar-refractivity contribution in [3.8, 4) is 0 Å². The van der Waals surface area contributed by atoms with Gasteiger partial charge in [-0.3, -0.25) is 9.59 Å². The van der Waals surface area contributed by atoms with Crippen molar-refractivity contribution in [2.24, 2.45) is 0 Å². The SMILES string of the molecule is CCCCCC/C=C\C/C=C\CCCCCCCC(=O)OC(COC(=O)CCCCCCCCCCCC)COC1OC(CO)C(O)C(O)C1O. The van der Waals surface area contributed by atoms with E-state index in [1.807, 2.05) is 0 Å². The lowest BCUT2D eigenvalue weighted by Gasteiger charge is -2.39. The van der Waals surface area contributed by atoms with Crippen LogP contribution in [0.3, 0.4) is 0 Å². The number of aliphatic hydroxyl groups excluding tert-OH is 4. The van der Waals surface area contributed by atoms with Crippen LogP contribution in [-0.2, 0) is 28.5 Å². The molecular weight excluding hydrogens is 652 g/mol. The average molecular weight is 727 g/mol. The molecule has 0 bridgehead atoms. The Morgan fingerprint density at radius 2 is 1.10 bits per heavy atom. The van der Waals surface area contributed by atoms with E-state index in [0.29, 0.717) is 6.42 Å². The highest BCUT2D eigenvalue weighted by atomic mass is 16.7. The lowest BCUT2D eigenvalue weighted by Crippen LogP contribution is -2.59.